The van der Waals surface area contributed by atoms with E-state index in [9.17, 15) is 17.6 Å². The van der Waals surface area contributed by atoms with Gasteiger partial charge in [-0.05, 0) is 17.7 Å². The van der Waals surface area contributed by atoms with Crippen molar-refractivity contribution < 1.29 is 17.6 Å². The Kier molecular flexibility index (Phi) is 4.53. The highest BCUT2D eigenvalue weighted by Gasteiger charge is 2.33. The van der Waals surface area contributed by atoms with Crippen LogP contribution in [0.1, 0.15) is 17.5 Å². The van der Waals surface area contributed by atoms with Crippen molar-refractivity contribution in [3.8, 4) is 12.3 Å². The molecular formula is C12H11F4N. The summed E-state index contributed by atoms with van der Waals surface area (Å²) < 4.78 is 50.5. The predicted octanol–water partition coefficient (Wildman–Crippen LogP) is 2.96. The molecule has 0 bridgehead atoms. The van der Waals surface area contributed by atoms with Gasteiger partial charge in [-0.3, -0.25) is 0 Å². The van der Waals surface area contributed by atoms with Gasteiger partial charge in [-0.15, -0.1) is 12.3 Å². The van der Waals surface area contributed by atoms with Gasteiger partial charge in [0.05, 0.1) is 5.56 Å². The fourth-order valence-electron chi connectivity index (χ4n) is 1.35. The highest BCUT2D eigenvalue weighted by atomic mass is 19.4. The van der Waals surface area contributed by atoms with E-state index in [-0.39, 0.29) is 12.1 Å². The Balaban J connectivity index is 2.81. The standard InChI is InChI=1S/C12H11F4N/c1-2-3-6-17-8-9-4-5-10(13)7-11(9)12(14,15)16/h1,4-5,7,17H,3,6,8H2. The first-order valence-corrected chi connectivity index (χ1v) is 4.95. The summed E-state index contributed by atoms with van der Waals surface area (Å²) in [5.41, 5.74) is -0.943. The molecule has 0 heterocycles. The van der Waals surface area contributed by atoms with Crippen LogP contribution in [0.25, 0.3) is 0 Å². The first kappa shape index (κ1) is 13.5. The summed E-state index contributed by atoms with van der Waals surface area (Å²) in [7, 11) is 0. The van der Waals surface area contributed by atoms with E-state index in [0.717, 1.165) is 12.1 Å². The van der Waals surface area contributed by atoms with Gasteiger partial charge < -0.3 is 5.32 Å². The molecule has 1 aromatic carbocycles. The van der Waals surface area contributed by atoms with E-state index in [1.165, 1.54) is 0 Å². The maximum Gasteiger partial charge on any atom is 0.416 e. The minimum atomic E-state index is -4.55. The van der Waals surface area contributed by atoms with E-state index in [0.29, 0.717) is 19.0 Å². The molecular weight excluding hydrogens is 234 g/mol. The second-order valence-corrected chi connectivity index (χ2v) is 3.43. The molecule has 0 unspecified atom stereocenters. The van der Waals surface area contributed by atoms with Crippen LogP contribution < -0.4 is 5.32 Å². The molecule has 0 amide bonds. The average Bonchev–Trinajstić information content (AvgIpc) is 2.25. The molecule has 0 aromatic heterocycles. The summed E-state index contributed by atoms with van der Waals surface area (Å²) in [5.74, 6) is 1.46. The van der Waals surface area contributed by atoms with Gasteiger partial charge in [0.2, 0.25) is 0 Å². The van der Waals surface area contributed by atoms with Crippen molar-refractivity contribution in [1.82, 2.24) is 5.32 Å². The van der Waals surface area contributed by atoms with Gasteiger partial charge in [0.25, 0.3) is 0 Å². The van der Waals surface area contributed by atoms with Crippen molar-refractivity contribution in [2.75, 3.05) is 6.54 Å². The third-order valence-electron chi connectivity index (χ3n) is 2.14. The highest BCUT2D eigenvalue weighted by Crippen LogP contribution is 2.32. The zero-order valence-electron chi connectivity index (χ0n) is 8.94. The van der Waals surface area contributed by atoms with E-state index in [1.54, 1.807) is 0 Å². The van der Waals surface area contributed by atoms with Gasteiger partial charge in [0, 0.05) is 19.5 Å². The molecule has 1 nitrogen and oxygen atoms in total. The molecule has 92 valence electrons. The monoisotopic (exact) mass is 245 g/mol. The molecule has 0 atom stereocenters. The van der Waals surface area contributed by atoms with E-state index >= 15 is 0 Å². The fraction of sp³-hybridized carbons (Fsp3) is 0.333. The maximum atomic E-state index is 12.8. The van der Waals surface area contributed by atoms with Gasteiger partial charge in [-0.25, -0.2) is 4.39 Å². The molecule has 0 radical (unpaired) electrons. The Bertz CT molecular complexity index is 417. The summed E-state index contributed by atoms with van der Waals surface area (Å²) in [5, 5.41) is 2.77. The SMILES string of the molecule is C#CCCNCc1ccc(F)cc1C(F)(F)F. The molecule has 0 spiro atoms. The Morgan fingerprint density at radius 1 is 1.29 bits per heavy atom. The fourth-order valence-corrected chi connectivity index (χ4v) is 1.35. The van der Waals surface area contributed by atoms with Gasteiger partial charge in [-0.1, -0.05) is 6.07 Å². The highest BCUT2D eigenvalue weighted by molar-refractivity contribution is 5.30. The Hall–Kier alpha value is -1.54. The molecule has 1 aromatic rings. The summed E-state index contributed by atoms with van der Waals surface area (Å²) in [4.78, 5) is 0. The van der Waals surface area contributed by atoms with Crippen LogP contribution in [0.2, 0.25) is 0 Å². The number of hydrogen-bond donors (Lipinski definition) is 1. The lowest BCUT2D eigenvalue weighted by molar-refractivity contribution is -0.138. The minimum absolute atomic E-state index is 0.0101. The number of benzene rings is 1. The normalized spacial score (nSPS) is 11.2. The van der Waals surface area contributed by atoms with Crippen LogP contribution in [-0.4, -0.2) is 6.54 Å². The Morgan fingerprint density at radius 2 is 2.00 bits per heavy atom. The largest absolute Gasteiger partial charge is 0.416 e. The van der Waals surface area contributed by atoms with Crippen molar-refractivity contribution in [1.29, 1.82) is 0 Å². The van der Waals surface area contributed by atoms with Gasteiger partial charge in [-0.2, -0.15) is 13.2 Å². The topological polar surface area (TPSA) is 12.0 Å². The van der Waals surface area contributed by atoms with E-state index in [1.807, 2.05) is 0 Å². The molecule has 0 aliphatic heterocycles. The van der Waals surface area contributed by atoms with Crippen LogP contribution >= 0.6 is 0 Å². The van der Waals surface area contributed by atoms with Crippen LogP contribution in [0.15, 0.2) is 18.2 Å². The number of hydrogen-bond acceptors (Lipinski definition) is 1. The predicted molar refractivity (Wildman–Crippen MR) is 56.6 cm³/mol. The van der Waals surface area contributed by atoms with Crippen molar-refractivity contribution in [3.05, 3.63) is 35.1 Å². The maximum absolute atomic E-state index is 12.8. The lowest BCUT2D eigenvalue weighted by atomic mass is 10.1. The van der Waals surface area contributed by atoms with Crippen LogP contribution in [0, 0.1) is 18.2 Å². The number of rotatable bonds is 4. The van der Waals surface area contributed by atoms with Gasteiger partial charge >= 0.3 is 6.18 Å². The molecule has 0 aliphatic rings. The third-order valence-corrected chi connectivity index (χ3v) is 2.14. The van der Waals surface area contributed by atoms with Crippen molar-refractivity contribution in [2.45, 2.75) is 19.1 Å². The van der Waals surface area contributed by atoms with Crippen LogP contribution in [0.4, 0.5) is 17.6 Å². The molecule has 0 saturated carbocycles. The number of halogens is 4. The molecule has 0 saturated heterocycles. The molecule has 0 aliphatic carbocycles. The smallest absolute Gasteiger partial charge is 0.312 e. The average molecular weight is 245 g/mol. The van der Waals surface area contributed by atoms with Crippen LogP contribution in [0.3, 0.4) is 0 Å². The van der Waals surface area contributed by atoms with E-state index < -0.39 is 17.6 Å². The molecule has 0 fully saturated rings. The third kappa shape index (κ3) is 4.08. The van der Waals surface area contributed by atoms with Crippen LogP contribution in [-0.2, 0) is 12.7 Å². The Morgan fingerprint density at radius 3 is 2.59 bits per heavy atom. The lowest BCUT2D eigenvalue weighted by Crippen LogP contribution is -2.18. The van der Waals surface area contributed by atoms with Crippen LogP contribution in [0.5, 0.6) is 0 Å². The van der Waals surface area contributed by atoms with E-state index in [2.05, 4.69) is 11.2 Å². The zero-order valence-corrected chi connectivity index (χ0v) is 8.94. The first-order chi connectivity index (χ1) is 7.95. The summed E-state index contributed by atoms with van der Waals surface area (Å²) in [6, 6.07) is 2.63. The quantitative estimate of drug-likeness (QED) is 0.488. The summed E-state index contributed by atoms with van der Waals surface area (Å²) >= 11 is 0. The second kappa shape index (κ2) is 5.69. The van der Waals surface area contributed by atoms with Crippen molar-refractivity contribution in [2.24, 2.45) is 0 Å². The summed E-state index contributed by atoms with van der Waals surface area (Å²) in [6.07, 6.45) is 0.890. The van der Waals surface area contributed by atoms with Gasteiger partial charge in [0.15, 0.2) is 0 Å². The Labute approximate surface area is 96.8 Å². The first-order valence-electron chi connectivity index (χ1n) is 4.95. The lowest BCUT2D eigenvalue weighted by Gasteiger charge is -2.13. The summed E-state index contributed by atoms with van der Waals surface area (Å²) in [6.45, 7) is 0.433. The van der Waals surface area contributed by atoms with Gasteiger partial charge in [0.1, 0.15) is 5.82 Å². The molecule has 5 heteroatoms. The van der Waals surface area contributed by atoms with E-state index in [4.69, 9.17) is 6.42 Å². The molecule has 17 heavy (non-hydrogen) atoms. The van der Waals surface area contributed by atoms with Crippen molar-refractivity contribution in [3.63, 3.8) is 0 Å². The number of terminal acetylenes is 1. The molecule has 1 N–H and O–H groups in total. The zero-order chi connectivity index (χ0) is 12.9. The number of alkyl halides is 3. The van der Waals surface area contributed by atoms with Crippen molar-refractivity contribution >= 4 is 0 Å². The molecule has 1 rings (SSSR count). The second-order valence-electron chi connectivity index (χ2n) is 3.43. The minimum Gasteiger partial charge on any atom is -0.312 e. The number of nitrogens with one attached hydrogen (secondary N) is 1.